The lowest BCUT2D eigenvalue weighted by Crippen LogP contribution is -2.62. The van der Waals surface area contributed by atoms with E-state index in [0.717, 1.165) is 4.31 Å². The van der Waals surface area contributed by atoms with Crippen LogP contribution >= 0.6 is 0 Å². The Morgan fingerprint density at radius 1 is 1.00 bits per heavy atom. The van der Waals surface area contributed by atoms with E-state index < -0.39 is 28.0 Å². The Kier molecular flexibility index (Phi) is 7.18. The van der Waals surface area contributed by atoms with Crippen LogP contribution in [0, 0.1) is 0 Å². The zero-order chi connectivity index (χ0) is 23.3. The maximum absolute atomic E-state index is 13.2. The predicted octanol–water partition coefficient (Wildman–Crippen LogP) is 1.01. The lowest BCUT2D eigenvalue weighted by molar-refractivity contribution is -0.134. The topological polar surface area (TPSA) is 138 Å². The molecule has 1 aliphatic rings. The van der Waals surface area contributed by atoms with E-state index in [9.17, 15) is 18.0 Å². The Bertz CT molecular complexity index is 1060. The average molecular weight is 465 g/mol. The summed E-state index contributed by atoms with van der Waals surface area (Å²) in [6, 6.07) is 10.9. The van der Waals surface area contributed by atoms with Crippen molar-refractivity contribution in [1.29, 1.82) is 0 Å². The molecule has 3 N–H and O–H groups in total. The number of carbonyl (C=O) groups excluding carboxylic acids is 2. The zero-order valence-electron chi connectivity index (χ0n) is 17.5. The third-order valence-corrected chi connectivity index (χ3v) is 6.89. The number of amides is 3. The van der Waals surface area contributed by atoms with Crippen LogP contribution in [-0.4, -0.2) is 74.6 Å². The highest BCUT2D eigenvalue weighted by Gasteiger charge is 2.41. The standard InChI is InChI=1S/C20H24N4O7S/c1-21-20(26)23-11-12-24(18(13-23)19(25)22-27)32(28,29)17-9-7-16(8-10-17)31-15-5-3-14(30-2)4-6-15/h3-10,18,27H,11-13H2,1-2H3,(H,21,26)(H,22,25)/t18-/m1/s1. The molecule has 12 heteroatoms. The number of carbonyl (C=O) groups is 2. The molecule has 3 rings (SSSR count). The van der Waals surface area contributed by atoms with Crippen LogP contribution in [0.2, 0.25) is 0 Å². The highest BCUT2D eigenvalue weighted by molar-refractivity contribution is 7.89. The van der Waals surface area contributed by atoms with E-state index in [0.29, 0.717) is 17.2 Å². The SMILES string of the molecule is CNC(=O)N1CCN(S(=O)(=O)c2ccc(Oc3ccc(OC)cc3)cc2)[C@@H](C(=O)NO)C1. The molecule has 0 bridgehead atoms. The summed E-state index contributed by atoms with van der Waals surface area (Å²) in [6.45, 7) is -0.228. The number of sulfonamides is 1. The van der Waals surface area contributed by atoms with Gasteiger partial charge in [0.05, 0.1) is 12.0 Å². The van der Waals surface area contributed by atoms with Gasteiger partial charge in [-0.1, -0.05) is 0 Å². The molecule has 0 unspecified atom stereocenters. The van der Waals surface area contributed by atoms with Crippen LogP contribution in [0.4, 0.5) is 4.79 Å². The van der Waals surface area contributed by atoms with Gasteiger partial charge in [0.25, 0.3) is 5.91 Å². The minimum absolute atomic E-state index is 0.0521. The molecule has 32 heavy (non-hydrogen) atoms. The monoisotopic (exact) mass is 464 g/mol. The average Bonchev–Trinajstić information content (AvgIpc) is 2.83. The van der Waals surface area contributed by atoms with Crippen LogP contribution in [0.25, 0.3) is 0 Å². The number of benzene rings is 2. The molecular formula is C20H24N4O7S. The molecule has 1 aliphatic heterocycles. The van der Waals surface area contributed by atoms with Gasteiger partial charge in [-0.2, -0.15) is 4.31 Å². The molecule has 1 saturated heterocycles. The van der Waals surface area contributed by atoms with Gasteiger partial charge in [-0.15, -0.1) is 0 Å². The second kappa shape index (κ2) is 9.85. The second-order valence-electron chi connectivity index (χ2n) is 6.86. The highest BCUT2D eigenvalue weighted by Crippen LogP contribution is 2.27. The molecule has 0 radical (unpaired) electrons. The second-order valence-corrected chi connectivity index (χ2v) is 8.75. The van der Waals surface area contributed by atoms with Crippen molar-refractivity contribution in [3.63, 3.8) is 0 Å². The number of hydrogen-bond donors (Lipinski definition) is 3. The number of ether oxygens (including phenoxy) is 2. The normalized spacial score (nSPS) is 16.8. The molecule has 0 aromatic heterocycles. The summed E-state index contributed by atoms with van der Waals surface area (Å²) in [5, 5.41) is 11.5. The van der Waals surface area contributed by atoms with Crippen molar-refractivity contribution >= 4 is 22.0 Å². The van der Waals surface area contributed by atoms with Gasteiger partial charge in [-0.25, -0.2) is 18.7 Å². The zero-order valence-corrected chi connectivity index (χ0v) is 18.3. The summed E-state index contributed by atoms with van der Waals surface area (Å²) in [7, 11) is -1.10. The summed E-state index contributed by atoms with van der Waals surface area (Å²) < 4.78 is 38.2. The molecule has 1 heterocycles. The smallest absolute Gasteiger partial charge is 0.317 e. The molecular weight excluding hydrogens is 440 g/mol. The van der Waals surface area contributed by atoms with Gasteiger partial charge in [0, 0.05) is 26.7 Å². The number of rotatable bonds is 6. The Morgan fingerprint density at radius 3 is 2.09 bits per heavy atom. The van der Waals surface area contributed by atoms with Crippen LogP contribution in [-0.2, 0) is 14.8 Å². The number of nitrogens with one attached hydrogen (secondary N) is 2. The Balaban J connectivity index is 1.79. The number of hydroxylamine groups is 1. The molecule has 2 aromatic rings. The first-order chi connectivity index (χ1) is 15.3. The fourth-order valence-electron chi connectivity index (χ4n) is 3.28. The fraction of sp³-hybridized carbons (Fsp3) is 0.300. The fourth-order valence-corrected chi connectivity index (χ4v) is 4.85. The molecule has 1 fully saturated rings. The van der Waals surface area contributed by atoms with Gasteiger partial charge in [-0.05, 0) is 48.5 Å². The summed E-state index contributed by atoms with van der Waals surface area (Å²) in [5.74, 6) is 0.716. The first-order valence-electron chi connectivity index (χ1n) is 9.64. The van der Waals surface area contributed by atoms with Crippen LogP contribution < -0.4 is 20.3 Å². The first-order valence-corrected chi connectivity index (χ1v) is 11.1. The van der Waals surface area contributed by atoms with E-state index in [-0.39, 0.29) is 24.5 Å². The third-order valence-electron chi connectivity index (χ3n) is 4.97. The Morgan fingerprint density at radius 2 is 1.56 bits per heavy atom. The van der Waals surface area contributed by atoms with E-state index >= 15 is 0 Å². The maximum atomic E-state index is 13.2. The summed E-state index contributed by atoms with van der Waals surface area (Å²) in [6.07, 6.45) is 0. The Hall–Kier alpha value is -3.35. The maximum Gasteiger partial charge on any atom is 0.317 e. The Labute approximate surface area is 185 Å². The van der Waals surface area contributed by atoms with E-state index in [2.05, 4.69) is 5.32 Å². The largest absolute Gasteiger partial charge is 0.497 e. The van der Waals surface area contributed by atoms with Gasteiger partial charge in [0.2, 0.25) is 10.0 Å². The van der Waals surface area contributed by atoms with Gasteiger partial charge >= 0.3 is 6.03 Å². The molecule has 172 valence electrons. The van der Waals surface area contributed by atoms with E-state index in [1.165, 1.54) is 41.7 Å². The molecule has 0 saturated carbocycles. The number of piperazine rings is 1. The van der Waals surface area contributed by atoms with Gasteiger partial charge < -0.3 is 19.7 Å². The molecule has 11 nitrogen and oxygen atoms in total. The number of hydrogen-bond acceptors (Lipinski definition) is 7. The van der Waals surface area contributed by atoms with Crippen molar-refractivity contribution in [2.24, 2.45) is 0 Å². The number of nitrogens with zero attached hydrogens (tertiary/aromatic N) is 2. The summed E-state index contributed by atoms with van der Waals surface area (Å²) >= 11 is 0. The van der Waals surface area contributed by atoms with Crippen LogP contribution in [0.3, 0.4) is 0 Å². The predicted molar refractivity (Wildman–Crippen MR) is 113 cm³/mol. The highest BCUT2D eigenvalue weighted by atomic mass is 32.2. The summed E-state index contributed by atoms with van der Waals surface area (Å²) in [5.41, 5.74) is 1.48. The summed E-state index contributed by atoms with van der Waals surface area (Å²) in [4.78, 5) is 25.3. The minimum Gasteiger partial charge on any atom is -0.497 e. The lowest BCUT2D eigenvalue weighted by Gasteiger charge is -2.38. The van der Waals surface area contributed by atoms with Crippen molar-refractivity contribution in [2.75, 3.05) is 33.8 Å². The van der Waals surface area contributed by atoms with Gasteiger partial charge in [0.1, 0.15) is 23.3 Å². The quantitative estimate of drug-likeness (QED) is 0.428. The molecule has 0 spiro atoms. The van der Waals surface area contributed by atoms with Crippen molar-refractivity contribution in [2.45, 2.75) is 10.9 Å². The van der Waals surface area contributed by atoms with E-state index in [1.54, 1.807) is 31.4 Å². The van der Waals surface area contributed by atoms with Crippen LogP contribution in [0.5, 0.6) is 17.2 Å². The van der Waals surface area contributed by atoms with Crippen molar-refractivity contribution < 1.29 is 32.7 Å². The van der Waals surface area contributed by atoms with Crippen LogP contribution in [0.15, 0.2) is 53.4 Å². The molecule has 1 atom stereocenters. The lowest BCUT2D eigenvalue weighted by atomic mass is 10.2. The van der Waals surface area contributed by atoms with Gasteiger partial charge in [0.15, 0.2) is 0 Å². The molecule has 3 amide bonds. The minimum atomic E-state index is -4.09. The van der Waals surface area contributed by atoms with Crippen molar-refractivity contribution in [3.8, 4) is 17.2 Å². The van der Waals surface area contributed by atoms with Crippen molar-refractivity contribution in [3.05, 3.63) is 48.5 Å². The van der Waals surface area contributed by atoms with E-state index in [1.807, 2.05) is 0 Å². The van der Waals surface area contributed by atoms with E-state index in [4.69, 9.17) is 14.7 Å². The molecule has 2 aromatic carbocycles. The molecule has 0 aliphatic carbocycles. The first kappa shape index (κ1) is 23.3. The van der Waals surface area contributed by atoms with Crippen LogP contribution in [0.1, 0.15) is 0 Å². The number of urea groups is 1. The third kappa shape index (κ3) is 4.93. The number of methoxy groups -OCH3 is 1. The van der Waals surface area contributed by atoms with Crippen molar-refractivity contribution in [1.82, 2.24) is 20.0 Å². The van der Waals surface area contributed by atoms with Gasteiger partial charge in [-0.3, -0.25) is 10.0 Å².